The second-order valence-electron chi connectivity index (χ2n) is 7.36. The molecule has 0 saturated carbocycles. The SMILES string of the molecule is CC(C)(C)OC(=O)[C@](C)(NC(=O)OCc1ccccc1)c1ccc(O)cc1. The smallest absolute Gasteiger partial charge is 0.408 e. The molecule has 0 radical (unpaired) electrons. The number of alkyl carbamates (subject to hydrolysis) is 1. The zero-order valence-corrected chi connectivity index (χ0v) is 16.0. The fourth-order valence-electron chi connectivity index (χ4n) is 2.38. The third-order valence-electron chi connectivity index (χ3n) is 3.82. The number of phenols is 1. The highest BCUT2D eigenvalue weighted by atomic mass is 16.6. The number of amides is 1. The molecule has 2 N–H and O–H groups in total. The number of esters is 1. The maximum absolute atomic E-state index is 12.8. The predicted octanol–water partition coefficient (Wildman–Crippen LogP) is 3.88. The lowest BCUT2D eigenvalue weighted by Gasteiger charge is -2.32. The van der Waals surface area contributed by atoms with Crippen LogP contribution < -0.4 is 5.32 Å². The summed E-state index contributed by atoms with van der Waals surface area (Å²) in [5.74, 6) is -0.575. The molecule has 0 aliphatic heterocycles. The van der Waals surface area contributed by atoms with Crippen molar-refractivity contribution in [2.75, 3.05) is 0 Å². The molecule has 1 atom stereocenters. The van der Waals surface area contributed by atoms with Crippen molar-refractivity contribution >= 4 is 12.1 Å². The standard InChI is InChI=1S/C21H25NO5/c1-20(2,3)27-18(24)21(4,16-10-12-17(23)13-11-16)22-19(25)26-14-15-8-6-5-7-9-15/h5-13,23H,14H2,1-4H3,(H,22,25)/t21-/m1/s1. The summed E-state index contributed by atoms with van der Waals surface area (Å²) in [5, 5.41) is 12.1. The first-order valence-corrected chi connectivity index (χ1v) is 8.62. The van der Waals surface area contributed by atoms with Crippen LogP contribution in [0.3, 0.4) is 0 Å². The van der Waals surface area contributed by atoms with Crippen LogP contribution in [-0.4, -0.2) is 22.8 Å². The highest BCUT2D eigenvalue weighted by molar-refractivity contribution is 5.87. The van der Waals surface area contributed by atoms with E-state index in [1.807, 2.05) is 30.3 Å². The summed E-state index contributed by atoms with van der Waals surface area (Å²) in [5.41, 5.74) is -0.915. The van der Waals surface area contributed by atoms with Crippen molar-refractivity contribution in [3.8, 4) is 5.75 Å². The Labute approximate surface area is 159 Å². The van der Waals surface area contributed by atoms with Gasteiger partial charge in [-0.2, -0.15) is 0 Å². The summed E-state index contributed by atoms with van der Waals surface area (Å²) in [6, 6.07) is 15.2. The number of aromatic hydroxyl groups is 1. The normalized spacial score (nSPS) is 13.3. The van der Waals surface area contributed by atoms with Crippen LogP contribution in [0, 0.1) is 0 Å². The van der Waals surface area contributed by atoms with Gasteiger partial charge in [-0.1, -0.05) is 42.5 Å². The van der Waals surface area contributed by atoms with Crippen LogP contribution in [0.4, 0.5) is 4.79 Å². The molecule has 6 heteroatoms. The summed E-state index contributed by atoms with van der Waals surface area (Å²) in [7, 11) is 0. The van der Waals surface area contributed by atoms with Gasteiger partial charge < -0.3 is 19.9 Å². The van der Waals surface area contributed by atoms with Crippen molar-refractivity contribution in [3.63, 3.8) is 0 Å². The number of carbonyl (C=O) groups excluding carboxylic acids is 2. The molecule has 0 fully saturated rings. The quantitative estimate of drug-likeness (QED) is 0.779. The second-order valence-corrected chi connectivity index (χ2v) is 7.36. The fourth-order valence-corrected chi connectivity index (χ4v) is 2.38. The Morgan fingerprint density at radius 1 is 0.963 bits per heavy atom. The Bertz CT molecular complexity index is 780. The van der Waals surface area contributed by atoms with E-state index in [0.29, 0.717) is 5.56 Å². The molecule has 0 aliphatic carbocycles. The highest BCUT2D eigenvalue weighted by Crippen LogP contribution is 2.27. The lowest BCUT2D eigenvalue weighted by Crippen LogP contribution is -2.52. The monoisotopic (exact) mass is 371 g/mol. The summed E-state index contributed by atoms with van der Waals surface area (Å²) in [6.45, 7) is 6.85. The number of nitrogens with one attached hydrogen (secondary N) is 1. The molecule has 144 valence electrons. The number of carbonyl (C=O) groups is 2. The Kier molecular flexibility index (Phi) is 6.10. The third kappa shape index (κ3) is 5.74. The van der Waals surface area contributed by atoms with Gasteiger partial charge in [-0.05, 0) is 51.0 Å². The minimum Gasteiger partial charge on any atom is -0.508 e. The molecule has 0 spiro atoms. The minimum absolute atomic E-state index is 0.0527. The molecule has 0 unspecified atom stereocenters. The Balaban J connectivity index is 2.19. The van der Waals surface area contributed by atoms with Crippen molar-refractivity contribution in [1.82, 2.24) is 5.32 Å². The van der Waals surface area contributed by atoms with Crippen molar-refractivity contribution in [2.24, 2.45) is 0 Å². The molecule has 2 aromatic carbocycles. The number of benzene rings is 2. The van der Waals surface area contributed by atoms with Gasteiger partial charge in [0.05, 0.1) is 0 Å². The average molecular weight is 371 g/mol. The van der Waals surface area contributed by atoms with E-state index in [1.54, 1.807) is 32.9 Å². The summed E-state index contributed by atoms with van der Waals surface area (Å²) in [4.78, 5) is 25.2. The molecule has 0 heterocycles. The van der Waals surface area contributed by atoms with E-state index < -0.39 is 23.2 Å². The Morgan fingerprint density at radius 2 is 1.56 bits per heavy atom. The molecule has 0 aliphatic rings. The first-order valence-electron chi connectivity index (χ1n) is 8.62. The molecule has 2 rings (SSSR count). The van der Waals surface area contributed by atoms with Crippen molar-refractivity contribution < 1.29 is 24.2 Å². The Morgan fingerprint density at radius 3 is 2.11 bits per heavy atom. The van der Waals surface area contributed by atoms with Gasteiger partial charge >= 0.3 is 12.1 Å². The largest absolute Gasteiger partial charge is 0.508 e. The minimum atomic E-state index is -1.48. The number of hydrogen-bond donors (Lipinski definition) is 2. The van der Waals surface area contributed by atoms with E-state index in [-0.39, 0.29) is 12.4 Å². The van der Waals surface area contributed by atoms with Crippen LogP contribution in [0.5, 0.6) is 5.75 Å². The summed E-state index contributed by atoms with van der Waals surface area (Å²) >= 11 is 0. The van der Waals surface area contributed by atoms with Gasteiger partial charge in [0, 0.05) is 0 Å². The van der Waals surface area contributed by atoms with E-state index in [0.717, 1.165) is 5.56 Å². The van der Waals surface area contributed by atoms with Crippen LogP contribution in [0.25, 0.3) is 0 Å². The van der Waals surface area contributed by atoms with E-state index in [9.17, 15) is 14.7 Å². The third-order valence-corrected chi connectivity index (χ3v) is 3.82. The van der Waals surface area contributed by atoms with E-state index in [2.05, 4.69) is 5.32 Å². The van der Waals surface area contributed by atoms with Gasteiger partial charge in [0.15, 0.2) is 5.54 Å². The molecule has 0 saturated heterocycles. The van der Waals surface area contributed by atoms with Gasteiger partial charge in [0.25, 0.3) is 0 Å². The summed E-state index contributed by atoms with van der Waals surface area (Å²) < 4.78 is 10.7. The van der Waals surface area contributed by atoms with Crippen LogP contribution in [0.2, 0.25) is 0 Å². The van der Waals surface area contributed by atoms with Gasteiger partial charge in [0.2, 0.25) is 0 Å². The lowest BCUT2D eigenvalue weighted by molar-refractivity contribution is -0.162. The number of hydrogen-bond acceptors (Lipinski definition) is 5. The Hall–Kier alpha value is -3.02. The van der Waals surface area contributed by atoms with E-state index in [4.69, 9.17) is 9.47 Å². The molecule has 1 amide bonds. The fraction of sp³-hybridized carbons (Fsp3) is 0.333. The number of ether oxygens (including phenoxy) is 2. The van der Waals surface area contributed by atoms with Gasteiger partial charge in [-0.15, -0.1) is 0 Å². The molecule has 0 bridgehead atoms. The summed E-state index contributed by atoms with van der Waals surface area (Å²) in [6.07, 6.45) is -0.750. The number of phenolic OH excluding ortho intramolecular Hbond substituents is 1. The molecule has 0 aromatic heterocycles. The van der Waals surface area contributed by atoms with Gasteiger partial charge in [0.1, 0.15) is 18.0 Å². The van der Waals surface area contributed by atoms with Crippen LogP contribution in [-0.2, 0) is 26.4 Å². The van der Waals surface area contributed by atoms with E-state index >= 15 is 0 Å². The van der Waals surface area contributed by atoms with Crippen LogP contribution in [0.15, 0.2) is 54.6 Å². The van der Waals surface area contributed by atoms with Gasteiger partial charge in [-0.3, -0.25) is 0 Å². The maximum atomic E-state index is 12.8. The zero-order valence-electron chi connectivity index (χ0n) is 16.0. The average Bonchev–Trinajstić information content (AvgIpc) is 2.60. The topological polar surface area (TPSA) is 84.9 Å². The molecule has 2 aromatic rings. The van der Waals surface area contributed by atoms with Crippen LogP contribution in [0.1, 0.15) is 38.8 Å². The molecular weight excluding hydrogens is 346 g/mol. The maximum Gasteiger partial charge on any atom is 0.408 e. The lowest BCUT2D eigenvalue weighted by atomic mass is 9.91. The molecule has 27 heavy (non-hydrogen) atoms. The predicted molar refractivity (Wildman–Crippen MR) is 101 cm³/mol. The number of rotatable bonds is 5. The highest BCUT2D eigenvalue weighted by Gasteiger charge is 2.41. The van der Waals surface area contributed by atoms with Crippen molar-refractivity contribution in [2.45, 2.75) is 45.4 Å². The van der Waals surface area contributed by atoms with Crippen molar-refractivity contribution in [1.29, 1.82) is 0 Å². The van der Waals surface area contributed by atoms with E-state index in [1.165, 1.54) is 19.1 Å². The second kappa shape index (κ2) is 8.12. The first-order chi connectivity index (χ1) is 12.6. The van der Waals surface area contributed by atoms with Crippen molar-refractivity contribution in [3.05, 3.63) is 65.7 Å². The van der Waals surface area contributed by atoms with Crippen LogP contribution >= 0.6 is 0 Å². The van der Waals surface area contributed by atoms with Gasteiger partial charge in [-0.25, -0.2) is 9.59 Å². The first kappa shape index (κ1) is 20.3. The molecule has 6 nitrogen and oxygen atoms in total. The zero-order chi connectivity index (χ0) is 20.1. The molecular formula is C21H25NO5.